The summed E-state index contributed by atoms with van der Waals surface area (Å²) in [6, 6.07) is 5.27. The minimum Gasteiger partial charge on any atom is -0.481 e. The Labute approximate surface area is 151 Å². The fraction of sp³-hybridized carbons (Fsp3) is 0.500. The highest BCUT2D eigenvalue weighted by Crippen LogP contribution is 2.40. The molecule has 134 valence electrons. The maximum Gasteiger partial charge on any atom is 0.311 e. The van der Waals surface area contributed by atoms with E-state index in [1.807, 2.05) is 26.8 Å². The van der Waals surface area contributed by atoms with Crippen molar-refractivity contribution in [1.29, 1.82) is 0 Å². The second-order valence-electron chi connectivity index (χ2n) is 7.05. The molecule has 2 amide bonds. The maximum atomic E-state index is 12.8. The number of thioether (sulfide) groups is 1. The summed E-state index contributed by atoms with van der Waals surface area (Å²) >= 11 is 1.47. The molecule has 0 spiro atoms. The first kappa shape index (κ1) is 17.8. The number of carboxylic acids is 1. The van der Waals surface area contributed by atoms with E-state index in [1.54, 1.807) is 17.0 Å². The molecule has 0 aliphatic carbocycles. The Balaban J connectivity index is 1.82. The zero-order valence-corrected chi connectivity index (χ0v) is 15.4. The van der Waals surface area contributed by atoms with E-state index in [0.29, 0.717) is 24.2 Å². The van der Waals surface area contributed by atoms with Crippen LogP contribution in [0.15, 0.2) is 23.1 Å². The van der Waals surface area contributed by atoms with Crippen LogP contribution in [0.2, 0.25) is 0 Å². The predicted molar refractivity (Wildman–Crippen MR) is 95.8 cm³/mol. The van der Waals surface area contributed by atoms with Crippen molar-refractivity contribution in [2.24, 2.45) is 11.3 Å². The van der Waals surface area contributed by atoms with Crippen molar-refractivity contribution >= 4 is 35.2 Å². The number of aliphatic carboxylic acids is 1. The molecule has 2 unspecified atom stereocenters. The molecule has 0 bridgehead atoms. The molecule has 2 N–H and O–H groups in total. The molecule has 6 nitrogen and oxygen atoms in total. The minimum atomic E-state index is -0.886. The molecule has 2 atom stereocenters. The average Bonchev–Trinajstić information content (AvgIpc) is 3.02. The third kappa shape index (κ3) is 3.01. The molecule has 3 rings (SSSR count). The van der Waals surface area contributed by atoms with Crippen LogP contribution in [-0.2, 0) is 9.59 Å². The van der Waals surface area contributed by atoms with Gasteiger partial charge in [-0.2, -0.15) is 0 Å². The summed E-state index contributed by atoms with van der Waals surface area (Å²) < 4.78 is 0. The lowest BCUT2D eigenvalue weighted by Gasteiger charge is -2.28. The first-order valence-corrected chi connectivity index (χ1v) is 9.27. The van der Waals surface area contributed by atoms with E-state index in [9.17, 15) is 19.5 Å². The van der Waals surface area contributed by atoms with Gasteiger partial charge >= 0.3 is 5.97 Å². The summed E-state index contributed by atoms with van der Waals surface area (Å²) in [5, 5.41) is 12.3. The first-order valence-electron chi connectivity index (χ1n) is 8.39. The summed E-state index contributed by atoms with van der Waals surface area (Å²) in [6.45, 7) is 6.25. The van der Waals surface area contributed by atoms with E-state index in [1.165, 1.54) is 11.8 Å². The van der Waals surface area contributed by atoms with Gasteiger partial charge in [0.05, 0.1) is 16.4 Å². The third-order valence-corrected chi connectivity index (χ3v) is 6.45. The molecule has 0 radical (unpaired) electrons. The highest BCUT2D eigenvalue weighted by molar-refractivity contribution is 8.00. The number of hydrogen-bond donors (Lipinski definition) is 2. The van der Waals surface area contributed by atoms with Crippen molar-refractivity contribution in [3.05, 3.63) is 23.8 Å². The second-order valence-corrected chi connectivity index (χ2v) is 8.44. The van der Waals surface area contributed by atoms with Gasteiger partial charge in [0.15, 0.2) is 0 Å². The number of benzene rings is 1. The Kier molecular flexibility index (Phi) is 4.53. The van der Waals surface area contributed by atoms with E-state index in [2.05, 4.69) is 5.32 Å². The van der Waals surface area contributed by atoms with Crippen LogP contribution >= 0.6 is 11.8 Å². The summed E-state index contributed by atoms with van der Waals surface area (Å²) in [4.78, 5) is 38.9. The minimum absolute atomic E-state index is 0.0523. The van der Waals surface area contributed by atoms with Gasteiger partial charge in [-0.15, -0.1) is 11.8 Å². The number of rotatable bonds is 3. The van der Waals surface area contributed by atoms with Crippen LogP contribution in [0.25, 0.3) is 0 Å². The fourth-order valence-electron chi connectivity index (χ4n) is 3.42. The number of fused-ring (bicyclic) bond motifs is 1. The van der Waals surface area contributed by atoms with Gasteiger partial charge in [-0.1, -0.05) is 13.8 Å². The Morgan fingerprint density at radius 1 is 1.40 bits per heavy atom. The molecular weight excluding hydrogens is 340 g/mol. The molecule has 1 saturated heterocycles. The topological polar surface area (TPSA) is 86.7 Å². The van der Waals surface area contributed by atoms with Crippen LogP contribution in [0.3, 0.4) is 0 Å². The predicted octanol–water partition coefficient (Wildman–Crippen LogP) is 2.69. The monoisotopic (exact) mass is 362 g/mol. The van der Waals surface area contributed by atoms with Gasteiger partial charge in [0.2, 0.25) is 5.91 Å². The largest absolute Gasteiger partial charge is 0.481 e. The number of carbonyl (C=O) groups excluding carboxylic acids is 2. The van der Waals surface area contributed by atoms with Gasteiger partial charge in [-0.3, -0.25) is 14.4 Å². The van der Waals surface area contributed by atoms with Crippen molar-refractivity contribution in [2.45, 2.75) is 37.3 Å². The Morgan fingerprint density at radius 3 is 2.72 bits per heavy atom. The number of amides is 2. The zero-order valence-electron chi connectivity index (χ0n) is 14.5. The normalized spacial score (nSPS) is 25.7. The summed E-state index contributed by atoms with van der Waals surface area (Å²) in [5.41, 5.74) is 0.231. The van der Waals surface area contributed by atoms with E-state index in [0.717, 1.165) is 4.90 Å². The van der Waals surface area contributed by atoms with Gasteiger partial charge in [0.1, 0.15) is 0 Å². The number of likely N-dealkylation sites (tertiary alicyclic amines) is 1. The van der Waals surface area contributed by atoms with Crippen molar-refractivity contribution in [2.75, 3.05) is 18.4 Å². The number of nitrogens with one attached hydrogen (secondary N) is 1. The number of carboxylic acid groups (broad SMARTS) is 1. The molecule has 1 fully saturated rings. The average molecular weight is 362 g/mol. The van der Waals surface area contributed by atoms with E-state index in [4.69, 9.17) is 0 Å². The Morgan fingerprint density at radius 2 is 2.12 bits per heavy atom. The SMILES string of the molecule is CC1Sc2ccc(C(=O)N3CCC(C(=O)O)(C(C)C)C3)cc2NC1=O. The van der Waals surface area contributed by atoms with Crippen molar-refractivity contribution in [1.82, 2.24) is 4.90 Å². The van der Waals surface area contributed by atoms with Crippen molar-refractivity contribution < 1.29 is 19.5 Å². The lowest BCUT2D eigenvalue weighted by molar-refractivity contribution is -0.150. The van der Waals surface area contributed by atoms with Crippen LogP contribution in [-0.4, -0.2) is 46.1 Å². The van der Waals surface area contributed by atoms with Crippen LogP contribution in [0, 0.1) is 11.3 Å². The van der Waals surface area contributed by atoms with Crippen LogP contribution < -0.4 is 5.32 Å². The Bertz CT molecular complexity index is 749. The van der Waals surface area contributed by atoms with Gasteiger partial charge < -0.3 is 15.3 Å². The molecule has 2 heterocycles. The first-order chi connectivity index (χ1) is 11.7. The summed E-state index contributed by atoms with van der Waals surface area (Å²) in [7, 11) is 0. The molecule has 2 aliphatic heterocycles. The fourth-order valence-corrected chi connectivity index (χ4v) is 4.35. The molecule has 1 aromatic rings. The molecule has 25 heavy (non-hydrogen) atoms. The zero-order chi connectivity index (χ0) is 18.4. The second kappa shape index (κ2) is 6.37. The highest BCUT2D eigenvalue weighted by atomic mass is 32.2. The van der Waals surface area contributed by atoms with Gasteiger partial charge in [0.25, 0.3) is 5.91 Å². The van der Waals surface area contributed by atoms with Crippen molar-refractivity contribution in [3.63, 3.8) is 0 Å². The lowest BCUT2D eigenvalue weighted by Crippen LogP contribution is -2.40. The van der Waals surface area contributed by atoms with Gasteiger partial charge in [-0.05, 0) is 37.5 Å². The number of hydrogen-bond acceptors (Lipinski definition) is 4. The van der Waals surface area contributed by atoms with Crippen LogP contribution in [0.4, 0.5) is 5.69 Å². The van der Waals surface area contributed by atoms with E-state index >= 15 is 0 Å². The quantitative estimate of drug-likeness (QED) is 0.863. The van der Waals surface area contributed by atoms with E-state index in [-0.39, 0.29) is 29.5 Å². The molecule has 1 aromatic carbocycles. The lowest BCUT2D eigenvalue weighted by atomic mass is 9.76. The van der Waals surface area contributed by atoms with Crippen LogP contribution in [0.1, 0.15) is 37.6 Å². The van der Waals surface area contributed by atoms with Gasteiger partial charge in [-0.25, -0.2) is 0 Å². The standard InChI is InChI=1S/C18H22N2O4S/c1-10(2)18(17(23)24)6-7-20(9-18)16(22)12-4-5-14-13(8-12)19-15(21)11(3)25-14/h4-5,8,10-11H,6-7,9H2,1-3H3,(H,19,21)(H,23,24). The number of carbonyl (C=O) groups is 3. The van der Waals surface area contributed by atoms with Gasteiger partial charge in [0, 0.05) is 23.5 Å². The molecule has 0 saturated carbocycles. The maximum absolute atomic E-state index is 12.8. The molecule has 7 heteroatoms. The summed E-state index contributed by atoms with van der Waals surface area (Å²) in [5.74, 6) is -1.16. The smallest absolute Gasteiger partial charge is 0.311 e. The number of anilines is 1. The highest BCUT2D eigenvalue weighted by Gasteiger charge is 2.48. The molecule has 2 aliphatic rings. The van der Waals surface area contributed by atoms with Crippen molar-refractivity contribution in [3.8, 4) is 0 Å². The Hall–Kier alpha value is -2.02. The summed E-state index contributed by atoms with van der Waals surface area (Å²) in [6.07, 6.45) is 0.459. The van der Waals surface area contributed by atoms with Crippen LogP contribution in [0.5, 0.6) is 0 Å². The molecule has 0 aromatic heterocycles. The molecular formula is C18H22N2O4S. The third-order valence-electron chi connectivity index (χ3n) is 5.28. The van der Waals surface area contributed by atoms with E-state index < -0.39 is 11.4 Å². The number of nitrogens with zero attached hydrogens (tertiary/aromatic N) is 1.